The number of amides is 2. The zero-order valence-corrected chi connectivity index (χ0v) is 21.1. The highest BCUT2D eigenvalue weighted by molar-refractivity contribution is 7.99. The molecule has 1 N–H and O–H groups in total. The first-order chi connectivity index (χ1) is 16.5. The van der Waals surface area contributed by atoms with Gasteiger partial charge in [-0.25, -0.2) is 0 Å². The maximum absolute atomic E-state index is 13.6. The molecule has 3 aromatic carbocycles. The molecular weight excluding hydrogens is 440 g/mol. The predicted octanol–water partition coefficient (Wildman–Crippen LogP) is 5.31. The monoisotopic (exact) mass is 474 g/mol. The number of nitrogens with zero attached hydrogens (tertiary/aromatic N) is 1. The summed E-state index contributed by atoms with van der Waals surface area (Å²) in [6.45, 7) is 6.96. The summed E-state index contributed by atoms with van der Waals surface area (Å²) in [6, 6.07) is 25.7. The highest BCUT2D eigenvalue weighted by Gasteiger charge is 2.30. The summed E-state index contributed by atoms with van der Waals surface area (Å²) in [5, 5.41) is 2.95. The average Bonchev–Trinajstić information content (AvgIpc) is 2.83. The molecule has 0 bridgehead atoms. The van der Waals surface area contributed by atoms with Crippen molar-refractivity contribution in [3.8, 4) is 0 Å². The van der Waals surface area contributed by atoms with Crippen molar-refractivity contribution in [1.82, 2.24) is 10.2 Å². The molecule has 1 unspecified atom stereocenters. The Hall–Kier alpha value is -3.05. The quantitative estimate of drug-likeness (QED) is 0.410. The van der Waals surface area contributed by atoms with Crippen LogP contribution in [0.3, 0.4) is 0 Å². The molecule has 0 saturated heterocycles. The van der Waals surface area contributed by atoms with Gasteiger partial charge in [0.05, 0.1) is 5.75 Å². The third-order valence-corrected chi connectivity index (χ3v) is 6.79. The molecule has 0 fully saturated rings. The van der Waals surface area contributed by atoms with E-state index in [-0.39, 0.29) is 11.8 Å². The second-order valence-corrected chi connectivity index (χ2v) is 9.52. The normalized spacial score (nSPS) is 11.6. The van der Waals surface area contributed by atoms with Crippen LogP contribution in [-0.4, -0.2) is 35.1 Å². The van der Waals surface area contributed by atoms with Gasteiger partial charge in [0.1, 0.15) is 6.04 Å². The second-order valence-electron chi connectivity index (χ2n) is 8.53. The summed E-state index contributed by atoms with van der Waals surface area (Å²) >= 11 is 1.59. The Labute approximate surface area is 207 Å². The van der Waals surface area contributed by atoms with Gasteiger partial charge in [0.25, 0.3) is 0 Å². The van der Waals surface area contributed by atoms with E-state index in [1.807, 2.05) is 74.5 Å². The molecule has 0 aromatic heterocycles. The minimum absolute atomic E-state index is 0.0203. The van der Waals surface area contributed by atoms with Gasteiger partial charge in [-0.1, -0.05) is 84.4 Å². The van der Waals surface area contributed by atoms with Crippen LogP contribution in [0.1, 0.15) is 34.7 Å². The zero-order chi connectivity index (χ0) is 24.3. The summed E-state index contributed by atoms with van der Waals surface area (Å²) in [4.78, 5) is 28.5. The van der Waals surface area contributed by atoms with Crippen LogP contribution in [0.25, 0.3) is 0 Å². The Morgan fingerprint density at radius 2 is 1.62 bits per heavy atom. The van der Waals surface area contributed by atoms with Crippen molar-refractivity contribution in [3.63, 3.8) is 0 Å². The molecule has 0 heterocycles. The highest BCUT2D eigenvalue weighted by Crippen LogP contribution is 2.20. The van der Waals surface area contributed by atoms with Crippen molar-refractivity contribution in [1.29, 1.82) is 0 Å². The van der Waals surface area contributed by atoms with E-state index in [0.29, 0.717) is 25.3 Å². The molecule has 5 heteroatoms. The summed E-state index contributed by atoms with van der Waals surface area (Å²) in [7, 11) is 0. The number of hydrogen-bond acceptors (Lipinski definition) is 3. The number of thioether (sulfide) groups is 1. The molecule has 2 amide bonds. The fourth-order valence-electron chi connectivity index (χ4n) is 3.96. The maximum Gasteiger partial charge on any atom is 0.243 e. The number of nitrogens with one attached hydrogen (secondary N) is 1. The van der Waals surface area contributed by atoms with Crippen LogP contribution in [0.4, 0.5) is 0 Å². The number of carbonyl (C=O) groups is 2. The van der Waals surface area contributed by atoms with Gasteiger partial charge in [-0.05, 0) is 43.0 Å². The van der Waals surface area contributed by atoms with Gasteiger partial charge in [-0.3, -0.25) is 9.59 Å². The molecule has 0 aliphatic heterocycles. The van der Waals surface area contributed by atoms with E-state index in [1.165, 1.54) is 11.1 Å². The van der Waals surface area contributed by atoms with Crippen LogP contribution in [0, 0.1) is 13.8 Å². The molecule has 0 radical (unpaired) electrons. The smallest absolute Gasteiger partial charge is 0.243 e. The highest BCUT2D eigenvalue weighted by atomic mass is 32.2. The fraction of sp³-hybridized carbons (Fsp3) is 0.310. The maximum atomic E-state index is 13.6. The van der Waals surface area contributed by atoms with Gasteiger partial charge in [-0.2, -0.15) is 0 Å². The Balaban J connectivity index is 1.83. The van der Waals surface area contributed by atoms with Crippen LogP contribution >= 0.6 is 11.8 Å². The number of hydrogen-bond donors (Lipinski definition) is 1. The Kier molecular flexibility index (Phi) is 9.77. The van der Waals surface area contributed by atoms with Crippen LogP contribution in [0.2, 0.25) is 0 Å². The third-order valence-electron chi connectivity index (χ3n) is 5.80. The fourth-order valence-corrected chi connectivity index (χ4v) is 4.82. The lowest BCUT2D eigenvalue weighted by Gasteiger charge is -2.32. The number of likely N-dealkylation sites (N-methyl/N-ethyl adjacent to an activating group) is 1. The Bertz CT molecular complexity index is 1080. The molecule has 0 aliphatic rings. The topological polar surface area (TPSA) is 49.4 Å². The van der Waals surface area contributed by atoms with E-state index >= 15 is 0 Å². The predicted molar refractivity (Wildman–Crippen MR) is 142 cm³/mol. The standard InChI is InChI=1S/C29H34N2O2S/c1-4-30-29(33)27(18-24-13-6-5-7-14-24)31(19-26-16-9-8-12-23(26)3)28(32)21-34-20-25-15-10-11-22(2)17-25/h5-17,27H,4,18-21H2,1-3H3,(H,30,33). The minimum Gasteiger partial charge on any atom is -0.355 e. The van der Waals surface area contributed by atoms with Gasteiger partial charge in [-0.15, -0.1) is 11.8 Å². The minimum atomic E-state index is -0.575. The zero-order valence-electron chi connectivity index (χ0n) is 20.3. The van der Waals surface area contributed by atoms with Crippen LogP contribution in [0.5, 0.6) is 0 Å². The summed E-state index contributed by atoms with van der Waals surface area (Å²) in [6.07, 6.45) is 0.479. The molecule has 0 spiro atoms. The first-order valence-electron chi connectivity index (χ1n) is 11.8. The van der Waals surface area contributed by atoms with E-state index in [1.54, 1.807) is 16.7 Å². The first kappa shape index (κ1) is 25.6. The van der Waals surface area contributed by atoms with E-state index in [4.69, 9.17) is 0 Å². The molecule has 34 heavy (non-hydrogen) atoms. The molecule has 1 atom stereocenters. The molecule has 0 aliphatic carbocycles. The lowest BCUT2D eigenvalue weighted by Crippen LogP contribution is -2.51. The van der Waals surface area contributed by atoms with Gasteiger partial charge >= 0.3 is 0 Å². The van der Waals surface area contributed by atoms with Crippen molar-refractivity contribution < 1.29 is 9.59 Å². The van der Waals surface area contributed by atoms with Gasteiger partial charge < -0.3 is 10.2 Å². The lowest BCUT2D eigenvalue weighted by molar-refractivity contribution is -0.139. The molecule has 4 nitrogen and oxygen atoms in total. The van der Waals surface area contributed by atoms with E-state index in [9.17, 15) is 9.59 Å². The largest absolute Gasteiger partial charge is 0.355 e. The van der Waals surface area contributed by atoms with Crippen LogP contribution in [-0.2, 0) is 28.3 Å². The summed E-state index contributed by atoms with van der Waals surface area (Å²) in [5.41, 5.74) is 5.62. The average molecular weight is 475 g/mol. The second kappa shape index (κ2) is 13.0. The van der Waals surface area contributed by atoms with E-state index in [2.05, 4.69) is 30.4 Å². The van der Waals surface area contributed by atoms with Crippen molar-refractivity contribution in [3.05, 3.63) is 107 Å². The van der Waals surface area contributed by atoms with Gasteiger partial charge in [0, 0.05) is 25.3 Å². The molecule has 178 valence electrons. The molecule has 3 aromatic rings. The van der Waals surface area contributed by atoms with Crippen molar-refractivity contribution in [2.75, 3.05) is 12.3 Å². The Morgan fingerprint density at radius 1 is 0.912 bits per heavy atom. The number of rotatable bonds is 11. The van der Waals surface area contributed by atoms with Crippen molar-refractivity contribution >= 4 is 23.6 Å². The van der Waals surface area contributed by atoms with Crippen LogP contribution < -0.4 is 5.32 Å². The van der Waals surface area contributed by atoms with Gasteiger partial charge in [0.2, 0.25) is 11.8 Å². The third kappa shape index (κ3) is 7.49. The van der Waals surface area contributed by atoms with E-state index in [0.717, 1.165) is 22.4 Å². The molecule has 3 rings (SSSR count). The van der Waals surface area contributed by atoms with E-state index < -0.39 is 6.04 Å². The number of benzene rings is 3. The van der Waals surface area contributed by atoms with Crippen molar-refractivity contribution in [2.24, 2.45) is 0 Å². The Morgan fingerprint density at radius 3 is 2.32 bits per heavy atom. The number of aryl methyl sites for hydroxylation is 2. The number of carbonyl (C=O) groups excluding carboxylic acids is 2. The SMILES string of the molecule is CCNC(=O)C(Cc1ccccc1)N(Cc1ccccc1C)C(=O)CSCc1cccc(C)c1. The van der Waals surface area contributed by atoms with Gasteiger partial charge in [0.15, 0.2) is 0 Å². The summed E-state index contributed by atoms with van der Waals surface area (Å²) in [5.74, 6) is 0.950. The molecule has 0 saturated carbocycles. The van der Waals surface area contributed by atoms with Crippen molar-refractivity contribution in [2.45, 2.75) is 45.5 Å². The lowest BCUT2D eigenvalue weighted by atomic mass is 10.0. The molecular formula is C29H34N2O2S. The first-order valence-corrected chi connectivity index (χ1v) is 12.9. The van der Waals surface area contributed by atoms with Crippen LogP contribution in [0.15, 0.2) is 78.9 Å². The summed E-state index contributed by atoms with van der Waals surface area (Å²) < 4.78 is 0.